The van der Waals surface area contributed by atoms with Gasteiger partial charge in [0.25, 0.3) is 0 Å². The lowest BCUT2D eigenvalue weighted by molar-refractivity contribution is -0.117. The van der Waals surface area contributed by atoms with E-state index in [9.17, 15) is 4.79 Å². The Morgan fingerprint density at radius 3 is 2.77 bits per heavy atom. The van der Waals surface area contributed by atoms with Gasteiger partial charge in [0.2, 0.25) is 11.9 Å². The van der Waals surface area contributed by atoms with Gasteiger partial charge in [-0.05, 0) is 54.8 Å². The topological polar surface area (TPSA) is 80.5 Å². The third-order valence-electron chi connectivity index (χ3n) is 5.10. The van der Waals surface area contributed by atoms with E-state index in [-0.39, 0.29) is 11.8 Å². The first kappa shape index (κ1) is 18.2. The van der Waals surface area contributed by atoms with Crippen molar-refractivity contribution in [1.82, 2.24) is 14.6 Å². The number of methoxy groups -OCH3 is 1. The van der Waals surface area contributed by atoms with Crippen LogP contribution in [-0.4, -0.2) is 27.6 Å². The molecule has 0 aliphatic heterocycles. The monoisotopic (exact) mass is 399 g/mol. The minimum Gasteiger partial charge on any atom is -0.495 e. The Hall–Kier alpha value is -3.87. The molecule has 7 nitrogen and oxygen atoms in total. The van der Waals surface area contributed by atoms with Crippen molar-refractivity contribution in [2.75, 3.05) is 17.7 Å². The fraction of sp³-hybridized carbons (Fsp3) is 0.174. The summed E-state index contributed by atoms with van der Waals surface area (Å²) in [6.45, 7) is 0. The molecule has 1 saturated carbocycles. The van der Waals surface area contributed by atoms with E-state index in [1.807, 2.05) is 66.9 Å². The Morgan fingerprint density at radius 2 is 1.93 bits per heavy atom. The van der Waals surface area contributed by atoms with Crippen LogP contribution < -0.4 is 15.4 Å². The van der Waals surface area contributed by atoms with Gasteiger partial charge >= 0.3 is 0 Å². The van der Waals surface area contributed by atoms with Crippen LogP contribution in [0.3, 0.4) is 0 Å². The molecule has 1 aliphatic rings. The summed E-state index contributed by atoms with van der Waals surface area (Å²) in [5.41, 5.74) is 4.32. The molecule has 0 radical (unpaired) electrons. The second-order valence-electron chi connectivity index (χ2n) is 7.33. The molecular formula is C23H21N5O2. The van der Waals surface area contributed by atoms with Crippen LogP contribution in [0.1, 0.15) is 12.8 Å². The second-order valence-corrected chi connectivity index (χ2v) is 7.33. The van der Waals surface area contributed by atoms with E-state index in [0.717, 1.165) is 46.7 Å². The number of benzene rings is 2. The van der Waals surface area contributed by atoms with Crippen molar-refractivity contribution < 1.29 is 9.53 Å². The maximum absolute atomic E-state index is 12.0. The predicted molar refractivity (Wildman–Crippen MR) is 116 cm³/mol. The van der Waals surface area contributed by atoms with E-state index in [1.54, 1.807) is 11.6 Å². The normalized spacial score (nSPS) is 13.2. The average molecular weight is 399 g/mol. The summed E-state index contributed by atoms with van der Waals surface area (Å²) >= 11 is 0. The number of para-hydroxylation sites is 2. The predicted octanol–water partition coefficient (Wildman–Crippen LogP) is 4.50. The number of anilines is 3. The third-order valence-corrected chi connectivity index (χ3v) is 5.10. The van der Waals surface area contributed by atoms with Gasteiger partial charge in [0, 0.05) is 23.4 Å². The van der Waals surface area contributed by atoms with Crippen LogP contribution in [0.2, 0.25) is 0 Å². The van der Waals surface area contributed by atoms with Crippen molar-refractivity contribution >= 4 is 28.9 Å². The molecule has 2 aromatic heterocycles. The van der Waals surface area contributed by atoms with Crippen LogP contribution in [0.25, 0.3) is 16.8 Å². The number of hydrogen-bond donors (Lipinski definition) is 2. The van der Waals surface area contributed by atoms with E-state index in [0.29, 0.717) is 5.95 Å². The molecule has 1 fully saturated rings. The smallest absolute Gasteiger partial charge is 0.247 e. The summed E-state index contributed by atoms with van der Waals surface area (Å²) in [7, 11) is 1.63. The van der Waals surface area contributed by atoms with Gasteiger partial charge in [0.1, 0.15) is 5.75 Å². The molecule has 4 aromatic rings. The van der Waals surface area contributed by atoms with Gasteiger partial charge in [-0.1, -0.05) is 24.3 Å². The van der Waals surface area contributed by atoms with Gasteiger partial charge in [-0.25, -0.2) is 4.52 Å². The Balaban J connectivity index is 1.40. The molecule has 0 bridgehead atoms. The highest BCUT2D eigenvalue weighted by Gasteiger charge is 2.29. The molecule has 0 saturated heterocycles. The zero-order valence-corrected chi connectivity index (χ0v) is 16.5. The van der Waals surface area contributed by atoms with Crippen LogP contribution in [-0.2, 0) is 4.79 Å². The molecule has 2 heterocycles. The number of ether oxygens (including phenoxy) is 1. The van der Waals surface area contributed by atoms with Gasteiger partial charge < -0.3 is 15.4 Å². The standard InChI is InChI=1S/C23H21N5O2/c1-30-20-8-3-2-7-19(20)25-23-26-21-12-11-17(14-28(21)27-23)16-5-4-6-18(13-16)24-22(29)15-9-10-15/h2-8,11-15H,9-10H2,1H3,(H,24,29)(H,25,27). The lowest BCUT2D eigenvalue weighted by Gasteiger charge is -2.07. The number of fused-ring (bicyclic) bond motifs is 1. The fourth-order valence-electron chi connectivity index (χ4n) is 3.34. The minimum absolute atomic E-state index is 0.103. The number of hydrogen-bond acceptors (Lipinski definition) is 5. The molecule has 7 heteroatoms. The van der Waals surface area contributed by atoms with Crippen molar-refractivity contribution in [2.24, 2.45) is 5.92 Å². The highest BCUT2D eigenvalue weighted by atomic mass is 16.5. The molecule has 2 aromatic carbocycles. The molecule has 30 heavy (non-hydrogen) atoms. The molecule has 1 aliphatic carbocycles. The molecule has 1 amide bonds. The van der Waals surface area contributed by atoms with Crippen LogP contribution in [0.15, 0.2) is 66.9 Å². The maximum atomic E-state index is 12.0. The summed E-state index contributed by atoms with van der Waals surface area (Å²) < 4.78 is 7.11. The molecule has 0 unspecified atom stereocenters. The number of nitrogens with one attached hydrogen (secondary N) is 2. The number of nitrogens with zero attached hydrogens (tertiary/aromatic N) is 3. The van der Waals surface area contributed by atoms with Crippen molar-refractivity contribution in [2.45, 2.75) is 12.8 Å². The Labute approximate surface area is 173 Å². The number of aromatic nitrogens is 3. The zero-order valence-electron chi connectivity index (χ0n) is 16.5. The lowest BCUT2D eigenvalue weighted by Crippen LogP contribution is -2.13. The summed E-state index contributed by atoms with van der Waals surface area (Å²) in [6.07, 6.45) is 3.90. The molecule has 0 atom stereocenters. The summed E-state index contributed by atoms with van der Waals surface area (Å²) in [5, 5.41) is 10.7. The van der Waals surface area contributed by atoms with Gasteiger partial charge in [-0.2, -0.15) is 4.98 Å². The van der Waals surface area contributed by atoms with Gasteiger partial charge in [-0.15, -0.1) is 5.10 Å². The number of carbonyl (C=O) groups is 1. The van der Waals surface area contributed by atoms with E-state index in [1.165, 1.54) is 0 Å². The average Bonchev–Trinajstić information content (AvgIpc) is 3.54. The zero-order chi connectivity index (χ0) is 20.5. The quantitative estimate of drug-likeness (QED) is 0.499. The second kappa shape index (κ2) is 7.51. The third kappa shape index (κ3) is 3.69. The largest absolute Gasteiger partial charge is 0.495 e. The minimum atomic E-state index is 0.103. The van der Waals surface area contributed by atoms with Gasteiger partial charge in [0.15, 0.2) is 5.65 Å². The first-order valence-corrected chi connectivity index (χ1v) is 9.87. The Kier molecular flexibility index (Phi) is 4.55. The summed E-state index contributed by atoms with van der Waals surface area (Å²) in [5.74, 6) is 1.49. The van der Waals surface area contributed by atoms with Crippen LogP contribution >= 0.6 is 0 Å². The van der Waals surface area contributed by atoms with Crippen LogP contribution in [0.4, 0.5) is 17.3 Å². The molecule has 2 N–H and O–H groups in total. The van der Waals surface area contributed by atoms with Crippen molar-refractivity contribution in [3.05, 3.63) is 66.9 Å². The highest BCUT2D eigenvalue weighted by molar-refractivity contribution is 5.94. The van der Waals surface area contributed by atoms with Crippen molar-refractivity contribution in [3.8, 4) is 16.9 Å². The molecule has 5 rings (SSSR count). The number of rotatable bonds is 6. The van der Waals surface area contributed by atoms with E-state index in [2.05, 4.69) is 20.7 Å². The van der Waals surface area contributed by atoms with Crippen molar-refractivity contribution in [3.63, 3.8) is 0 Å². The van der Waals surface area contributed by atoms with Gasteiger partial charge in [0.05, 0.1) is 12.8 Å². The van der Waals surface area contributed by atoms with E-state index >= 15 is 0 Å². The van der Waals surface area contributed by atoms with Gasteiger partial charge in [-0.3, -0.25) is 4.79 Å². The Bertz CT molecular complexity index is 1230. The summed E-state index contributed by atoms with van der Waals surface area (Å²) in [4.78, 5) is 16.6. The first-order valence-electron chi connectivity index (χ1n) is 9.87. The van der Waals surface area contributed by atoms with Crippen molar-refractivity contribution in [1.29, 1.82) is 0 Å². The number of amides is 1. The van der Waals surface area contributed by atoms with Crippen LogP contribution in [0, 0.1) is 5.92 Å². The van der Waals surface area contributed by atoms with E-state index < -0.39 is 0 Å². The summed E-state index contributed by atoms with van der Waals surface area (Å²) in [6, 6.07) is 19.4. The number of pyridine rings is 1. The van der Waals surface area contributed by atoms with E-state index in [4.69, 9.17) is 4.74 Å². The fourth-order valence-corrected chi connectivity index (χ4v) is 3.34. The molecule has 150 valence electrons. The SMILES string of the molecule is COc1ccccc1Nc1nc2ccc(-c3cccc(NC(=O)C4CC4)c3)cn2n1. The maximum Gasteiger partial charge on any atom is 0.247 e. The first-order chi connectivity index (χ1) is 14.7. The number of carbonyl (C=O) groups excluding carboxylic acids is 1. The Morgan fingerprint density at radius 1 is 1.07 bits per heavy atom. The van der Waals surface area contributed by atoms with Crippen LogP contribution in [0.5, 0.6) is 5.75 Å². The lowest BCUT2D eigenvalue weighted by atomic mass is 10.1. The molecule has 0 spiro atoms. The molecular weight excluding hydrogens is 378 g/mol. The highest BCUT2D eigenvalue weighted by Crippen LogP contribution is 2.31.